The van der Waals surface area contributed by atoms with Crippen LogP contribution in [0.1, 0.15) is 52.8 Å². The molecule has 1 aliphatic rings. The van der Waals surface area contributed by atoms with Gasteiger partial charge in [-0.05, 0) is 0 Å². The number of carboxylic acid groups (broad SMARTS) is 1. The fourth-order valence-electron chi connectivity index (χ4n) is 5.69. The summed E-state index contributed by atoms with van der Waals surface area (Å²) in [6, 6.07) is 35.1. The molecule has 0 amide bonds. The Labute approximate surface area is 228 Å². The van der Waals surface area contributed by atoms with E-state index in [9.17, 15) is 19.6 Å². The number of esters is 1. The van der Waals surface area contributed by atoms with Gasteiger partial charge in [-0.3, -0.25) is 0 Å². The number of carboxylic acids is 1. The van der Waals surface area contributed by atoms with E-state index in [2.05, 4.69) is 0 Å². The van der Waals surface area contributed by atoms with Crippen LogP contribution in [-0.2, 0) is 4.74 Å². The van der Waals surface area contributed by atoms with Gasteiger partial charge in [0.25, 0.3) is 0 Å². The average Bonchev–Trinajstić information content (AvgIpc) is 3.24. The molecule has 0 saturated heterocycles. The van der Waals surface area contributed by atoms with Gasteiger partial charge in [-0.25, -0.2) is 0 Å². The van der Waals surface area contributed by atoms with Gasteiger partial charge in [0.1, 0.15) is 0 Å². The number of rotatable bonds is 7. The minimum atomic E-state index is -4.37. The van der Waals surface area contributed by atoms with E-state index in [-0.39, 0.29) is 11.1 Å². The molecule has 0 atom stereocenters. The number of benzene rings is 4. The third-order valence-corrected chi connectivity index (χ3v) is 13.0. The van der Waals surface area contributed by atoms with E-state index in [1.165, 1.54) is 12.1 Å². The molecule has 4 aromatic rings. The van der Waals surface area contributed by atoms with E-state index in [1.807, 2.05) is 91.0 Å². The Balaban J connectivity index is 1.83. The molecule has 39 heavy (non-hydrogen) atoms. The van der Waals surface area contributed by atoms with Crippen molar-refractivity contribution in [3.63, 3.8) is 0 Å². The molecule has 0 aliphatic heterocycles. The van der Waals surface area contributed by atoms with Crippen LogP contribution in [0.15, 0.2) is 126 Å². The van der Waals surface area contributed by atoms with Crippen LogP contribution in [0.2, 0.25) is 0 Å². The molecule has 198 valence electrons. The summed E-state index contributed by atoms with van der Waals surface area (Å²) in [5.74, 6) is -1.51. The molecule has 0 heterocycles. The molecule has 0 spiro atoms. The van der Waals surface area contributed by atoms with Crippen LogP contribution in [0.4, 0.5) is 0 Å². The van der Waals surface area contributed by atoms with Crippen LogP contribution < -0.4 is 15.9 Å². The minimum absolute atomic E-state index is 0.0153. The average molecular weight is 539 g/mol. The van der Waals surface area contributed by atoms with Gasteiger partial charge in [0.05, 0.1) is 0 Å². The molecular formula is C33H31O5P. The molecule has 5 rings (SSSR count). The Morgan fingerprint density at radius 1 is 0.590 bits per heavy atom. The number of hydrogen-bond acceptors (Lipinski definition) is 4. The monoisotopic (exact) mass is 538 g/mol. The molecule has 2 N–H and O–H groups in total. The van der Waals surface area contributed by atoms with Gasteiger partial charge < -0.3 is 0 Å². The van der Waals surface area contributed by atoms with Gasteiger partial charge in [-0.1, -0.05) is 0 Å². The first-order valence-corrected chi connectivity index (χ1v) is 15.3. The molecule has 0 unspecified atom stereocenters. The van der Waals surface area contributed by atoms with Crippen LogP contribution >= 0.6 is 6.83 Å². The van der Waals surface area contributed by atoms with Crippen molar-refractivity contribution in [3.8, 4) is 0 Å². The predicted molar refractivity (Wildman–Crippen MR) is 156 cm³/mol. The summed E-state index contributed by atoms with van der Waals surface area (Å²) in [6.07, 6.45) is 3.53. The van der Waals surface area contributed by atoms with E-state index in [1.54, 1.807) is 12.1 Å². The van der Waals surface area contributed by atoms with Crippen molar-refractivity contribution in [2.45, 2.75) is 32.1 Å². The predicted octanol–water partition coefficient (Wildman–Crippen LogP) is 6.15. The second kappa shape index (κ2) is 11.0. The van der Waals surface area contributed by atoms with Crippen LogP contribution in [0.25, 0.3) is 0 Å². The molecule has 0 bridgehead atoms. The van der Waals surface area contributed by atoms with E-state index >= 15 is 0 Å². The number of ether oxygens (including phenoxy) is 1. The number of carbonyl (C=O) groups excluding carboxylic acids is 1. The zero-order valence-corrected chi connectivity index (χ0v) is 22.5. The SMILES string of the molecule is O=C(O)c1ccccc1C(=O)OC1=C(P(O)(c2ccccc2)(c2ccccc2)c2ccccc2)CCCCC1. The fourth-order valence-corrected chi connectivity index (χ4v) is 11.0. The van der Waals surface area contributed by atoms with E-state index in [0.717, 1.165) is 35.2 Å². The van der Waals surface area contributed by atoms with Crippen LogP contribution in [0, 0.1) is 0 Å². The van der Waals surface area contributed by atoms with Gasteiger partial charge in [-0.2, -0.15) is 0 Å². The van der Waals surface area contributed by atoms with Crippen molar-refractivity contribution in [2.75, 3.05) is 0 Å². The second-order valence-electron chi connectivity index (χ2n) is 9.75. The maximum atomic E-state index is 13.8. The first-order valence-electron chi connectivity index (χ1n) is 13.2. The van der Waals surface area contributed by atoms with Crippen molar-refractivity contribution in [1.82, 2.24) is 0 Å². The molecule has 1 aliphatic carbocycles. The zero-order chi connectivity index (χ0) is 27.3. The van der Waals surface area contributed by atoms with Crippen molar-refractivity contribution in [1.29, 1.82) is 0 Å². The summed E-state index contributed by atoms with van der Waals surface area (Å²) in [5.41, 5.74) is -0.132. The summed E-state index contributed by atoms with van der Waals surface area (Å²) in [6.45, 7) is -4.37. The third kappa shape index (κ3) is 4.58. The molecule has 0 fully saturated rings. The topological polar surface area (TPSA) is 83.8 Å². The van der Waals surface area contributed by atoms with Crippen LogP contribution in [0.5, 0.6) is 0 Å². The van der Waals surface area contributed by atoms with Gasteiger partial charge >= 0.3 is 229 Å². The Morgan fingerprint density at radius 3 is 1.51 bits per heavy atom. The van der Waals surface area contributed by atoms with Gasteiger partial charge in [0.2, 0.25) is 0 Å². The summed E-state index contributed by atoms with van der Waals surface area (Å²) >= 11 is 0. The van der Waals surface area contributed by atoms with Crippen LogP contribution in [0.3, 0.4) is 0 Å². The Bertz CT molecular complexity index is 1410. The molecule has 6 heteroatoms. The van der Waals surface area contributed by atoms with Crippen molar-refractivity contribution in [3.05, 3.63) is 137 Å². The zero-order valence-electron chi connectivity index (χ0n) is 21.6. The Morgan fingerprint density at radius 2 is 1.03 bits per heavy atom. The van der Waals surface area contributed by atoms with E-state index in [4.69, 9.17) is 4.74 Å². The Kier molecular flexibility index (Phi) is 7.47. The van der Waals surface area contributed by atoms with Crippen molar-refractivity contribution in [2.24, 2.45) is 0 Å². The van der Waals surface area contributed by atoms with Gasteiger partial charge in [-0.15, -0.1) is 0 Å². The first-order chi connectivity index (χ1) is 18.9. The Hall–Kier alpha value is -4.05. The third-order valence-electron chi connectivity index (χ3n) is 7.54. The normalized spacial score (nSPS) is 15.1. The quantitative estimate of drug-likeness (QED) is 0.218. The van der Waals surface area contributed by atoms with Crippen molar-refractivity contribution < 1.29 is 24.3 Å². The standard InChI is InChI=1S/C33H31O5P/c34-32(35)28-21-13-14-22-29(28)33(36)38-30-23-11-4-12-24-31(30)39(37,25-15-5-1-6-16-25,26-17-7-2-8-18-26)27-19-9-3-10-20-27/h1-3,5-10,13-22,37H,4,11-12,23-24H2,(H,34,35). The summed E-state index contributed by atoms with van der Waals surface area (Å²) in [4.78, 5) is 39.2. The van der Waals surface area contributed by atoms with E-state index < -0.39 is 18.8 Å². The first kappa shape index (κ1) is 26.6. The second-order valence-corrected chi connectivity index (χ2v) is 14.0. The fraction of sp³-hybridized carbons (Fsp3) is 0.152. The molecule has 5 nitrogen and oxygen atoms in total. The number of hydrogen-bond donors (Lipinski definition) is 2. The van der Waals surface area contributed by atoms with Gasteiger partial charge in [0.15, 0.2) is 0 Å². The molecule has 0 radical (unpaired) electrons. The van der Waals surface area contributed by atoms with E-state index in [0.29, 0.717) is 23.9 Å². The number of allylic oxidation sites excluding steroid dienone is 2. The van der Waals surface area contributed by atoms with Crippen molar-refractivity contribution >= 4 is 34.7 Å². The molecule has 4 aromatic carbocycles. The molecule has 0 saturated carbocycles. The summed E-state index contributed by atoms with van der Waals surface area (Å²) < 4.78 is 6.15. The molecule has 0 aromatic heterocycles. The van der Waals surface area contributed by atoms with Gasteiger partial charge in [0, 0.05) is 0 Å². The number of aromatic carboxylic acids is 1. The molecular weight excluding hydrogens is 507 g/mol. The number of carbonyl (C=O) groups is 2. The maximum absolute atomic E-state index is 13.8. The summed E-state index contributed by atoms with van der Waals surface area (Å²) in [5, 5.41) is 12.7. The van der Waals surface area contributed by atoms with Crippen LogP contribution in [-0.4, -0.2) is 21.9 Å². The summed E-state index contributed by atoms with van der Waals surface area (Å²) in [7, 11) is 0.